The summed E-state index contributed by atoms with van der Waals surface area (Å²) >= 11 is 12.1. The minimum Gasteiger partial charge on any atom is -0.304 e. The zero-order chi connectivity index (χ0) is 18.9. The van der Waals surface area contributed by atoms with Gasteiger partial charge in [-0.15, -0.1) is 5.10 Å². The zero-order valence-corrected chi connectivity index (χ0v) is 14.4. The van der Waals surface area contributed by atoms with Gasteiger partial charge in [0, 0.05) is 0 Å². The molecule has 0 aliphatic rings. The molecule has 134 valence electrons. The van der Waals surface area contributed by atoms with E-state index in [1.807, 2.05) is 0 Å². The van der Waals surface area contributed by atoms with Gasteiger partial charge in [0.15, 0.2) is 5.82 Å². The second-order valence-electron chi connectivity index (χ2n) is 5.22. The van der Waals surface area contributed by atoms with E-state index in [0.717, 1.165) is 12.1 Å². The molecule has 3 aromatic rings. The van der Waals surface area contributed by atoms with Crippen molar-refractivity contribution in [2.24, 2.45) is 0 Å². The van der Waals surface area contributed by atoms with Gasteiger partial charge < -0.3 is 5.32 Å². The number of alkyl halides is 3. The van der Waals surface area contributed by atoms with E-state index in [1.165, 1.54) is 23.0 Å². The van der Waals surface area contributed by atoms with Crippen LogP contribution < -0.4 is 5.32 Å². The van der Waals surface area contributed by atoms with Crippen LogP contribution in [0.4, 0.5) is 19.0 Å². The normalized spacial score (nSPS) is 11.4. The Bertz CT molecular complexity index is 970. The molecule has 1 N–H and O–H groups in total. The lowest BCUT2D eigenvalue weighted by molar-refractivity contribution is -0.137. The second-order valence-corrected chi connectivity index (χ2v) is 6.03. The molecule has 3 rings (SSSR count). The summed E-state index contributed by atoms with van der Waals surface area (Å²) < 4.78 is 40.5. The monoisotopic (exact) mass is 399 g/mol. The zero-order valence-electron chi connectivity index (χ0n) is 12.9. The number of anilines is 1. The highest BCUT2D eigenvalue weighted by molar-refractivity contribution is 6.34. The van der Waals surface area contributed by atoms with Crippen molar-refractivity contribution >= 4 is 34.9 Å². The number of aromatic nitrogens is 2. The van der Waals surface area contributed by atoms with E-state index >= 15 is 0 Å². The van der Waals surface area contributed by atoms with Gasteiger partial charge in [0.05, 0.1) is 28.0 Å². The second kappa shape index (κ2) is 7.01. The summed E-state index contributed by atoms with van der Waals surface area (Å²) in [5.74, 6) is -1.04. The van der Waals surface area contributed by atoms with Crippen molar-refractivity contribution in [2.75, 3.05) is 5.32 Å². The van der Waals surface area contributed by atoms with Crippen LogP contribution in [-0.2, 0) is 6.18 Å². The fraction of sp³-hybridized carbons (Fsp3) is 0.0588. The minimum atomic E-state index is -4.66. The maximum absolute atomic E-state index is 13.1. The molecule has 0 unspecified atom stereocenters. The molecule has 26 heavy (non-hydrogen) atoms. The highest BCUT2D eigenvalue weighted by Gasteiger charge is 2.35. The van der Waals surface area contributed by atoms with Gasteiger partial charge in [-0.25, -0.2) is 4.68 Å². The number of rotatable bonds is 3. The first-order valence-electron chi connectivity index (χ1n) is 7.25. The lowest BCUT2D eigenvalue weighted by atomic mass is 10.1. The van der Waals surface area contributed by atoms with Gasteiger partial charge in [-0.3, -0.25) is 4.79 Å². The first-order chi connectivity index (χ1) is 12.3. The Kier molecular flexibility index (Phi) is 4.93. The van der Waals surface area contributed by atoms with Gasteiger partial charge in [-0.1, -0.05) is 47.5 Å². The van der Waals surface area contributed by atoms with Crippen molar-refractivity contribution in [3.63, 3.8) is 0 Å². The van der Waals surface area contributed by atoms with E-state index in [9.17, 15) is 18.0 Å². The SMILES string of the molecule is O=C(Nc1nn(-c2ccccc2Cl)cc1Cl)c1ccccc1C(F)(F)F. The first kappa shape index (κ1) is 18.3. The fourth-order valence-electron chi connectivity index (χ4n) is 2.30. The van der Waals surface area contributed by atoms with Crippen molar-refractivity contribution in [2.45, 2.75) is 6.18 Å². The Balaban J connectivity index is 1.92. The number of amides is 1. The van der Waals surface area contributed by atoms with Crippen LogP contribution in [0.2, 0.25) is 10.0 Å². The van der Waals surface area contributed by atoms with Crippen LogP contribution in [0.25, 0.3) is 5.69 Å². The molecule has 9 heteroatoms. The lowest BCUT2D eigenvalue weighted by Crippen LogP contribution is -2.19. The summed E-state index contributed by atoms with van der Waals surface area (Å²) in [6, 6.07) is 11.2. The molecular formula is C17H10Cl2F3N3O. The Labute approximate surface area is 156 Å². The van der Waals surface area contributed by atoms with E-state index in [-0.39, 0.29) is 10.8 Å². The number of hydrogen-bond acceptors (Lipinski definition) is 2. The average molecular weight is 400 g/mol. The van der Waals surface area contributed by atoms with Crippen LogP contribution in [0, 0.1) is 0 Å². The van der Waals surface area contributed by atoms with Gasteiger partial charge in [0.1, 0.15) is 5.02 Å². The number of carbonyl (C=O) groups excluding carboxylic acids is 1. The predicted octanol–water partition coefficient (Wildman–Crippen LogP) is 5.45. The van der Waals surface area contributed by atoms with Crippen LogP contribution in [-0.4, -0.2) is 15.7 Å². The van der Waals surface area contributed by atoms with Crippen molar-refractivity contribution in [1.82, 2.24) is 9.78 Å². The summed E-state index contributed by atoms with van der Waals surface area (Å²) in [6.07, 6.45) is -3.26. The third-order valence-electron chi connectivity index (χ3n) is 3.48. The third kappa shape index (κ3) is 3.68. The molecule has 0 saturated heterocycles. The number of hydrogen-bond donors (Lipinski definition) is 1. The Morgan fingerprint density at radius 1 is 1.00 bits per heavy atom. The van der Waals surface area contributed by atoms with E-state index in [2.05, 4.69) is 10.4 Å². The predicted molar refractivity (Wildman–Crippen MR) is 93.0 cm³/mol. The van der Waals surface area contributed by atoms with E-state index in [0.29, 0.717) is 10.7 Å². The lowest BCUT2D eigenvalue weighted by Gasteiger charge is -2.11. The van der Waals surface area contributed by atoms with Crippen LogP contribution in [0.3, 0.4) is 0 Å². The molecule has 1 aromatic heterocycles. The molecule has 0 radical (unpaired) electrons. The average Bonchev–Trinajstić information content (AvgIpc) is 2.95. The highest BCUT2D eigenvalue weighted by Crippen LogP contribution is 2.32. The quantitative estimate of drug-likeness (QED) is 0.636. The maximum atomic E-state index is 13.1. The van der Waals surface area contributed by atoms with Gasteiger partial charge >= 0.3 is 6.18 Å². The molecule has 1 amide bonds. The number of benzene rings is 2. The van der Waals surface area contributed by atoms with E-state index in [4.69, 9.17) is 23.2 Å². The van der Waals surface area contributed by atoms with Crippen molar-refractivity contribution in [3.8, 4) is 5.69 Å². The minimum absolute atomic E-state index is 0.0581. The smallest absolute Gasteiger partial charge is 0.304 e. The van der Waals surface area contributed by atoms with Crippen molar-refractivity contribution in [3.05, 3.63) is 75.9 Å². The summed E-state index contributed by atoms with van der Waals surface area (Å²) in [4.78, 5) is 12.3. The molecule has 0 atom stereocenters. The van der Waals surface area contributed by atoms with Crippen LogP contribution >= 0.6 is 23.2 Å². The summed E-state index contributed by atoms with van der Waals surface area (Å²) in [5.41, 5.74) is -1.06. The summed E-state index contributed by atoms with van der Waals surface area (Å²) in [6.45, 7) is 0. The Morgan fingerprint density at radius 3 is 2.35 bits per heavy atom. The number of nitrogens with one attached hydrogen (secondary N) is 1. The molecule has 0 fully saturated rings. The van der Waals surface area contributed by atoms with E-state index < -0.39 is 23.2 Å². The topological polar surface area (TPSA) is 46.9 Å². The first-order valence-corrected chi connectivity index (χ1v) is 8.00. The Morgan fingerprint density at radius 2 is 1.65 bits per heavy atom. The molecule has 1 heterocycles. The van der Waals surface area contributed by atoms with Gasteiger partial charge in [0.25, 0.3) is 5.91 Å². The van der Waals surface area contributed by atoms with Crippen molar-refractivity contribution < 1.29 is 18.0 Å². The molecule has 0 aliphatic carbocycles. The van der Waals surface area contributed by atoms with E-state index in [1.54, 1.807) is 24.3 Å². The number of para-hydroxylation sites is 1. The third-order valence-corrected chi connectivity index (χ3v) is 4.07. The largest absolute Gasteiger partial charge is 0.417 e. The van der Waals surface area contributed by atoms with Gasteiger partial charge in [0.2, 0.25) is 0 Å². The molecule has 2 aromatic carbocycles. The van der Waals surface area contributed by atoms with Crippen LogP contribution in [0.1, 0.15) is 15.9 Å². The van der Waals surface area contributed by atoms with Crippen molar-refractivity contribution in [1.29, 1.82) is 0 Å². The number of nitrogens with zero attached hydrogens (tertiary/aromatic N) is 2. The number of halogens is 5. The van der Waals surface area contributed by atoms with Gasteiger partial charge in [-0.2, -0.15) is 13.2 Å². The molecular weight excluding hydrogens is 390 g/mol. The molecule has 0 aliphatic heterocycles. The summed E-state index contributed by atoms with van der Waals surface area (Å²) in [5, 5.41) is 6.84. The molecule has 0 spiro atoms. The molecule has 0 saturated carbocycles. The van der Waals surface area contributed by atoms with Gasteiger partial charge in [-0.05, 0) is 24.3 Å². The maximum Gasteiger partial charge on any atom is 0.417 e. The fourth-order valence-corrected chi connectivity index (χ4v) is 2.70. The Hall–Kier alpha value is -2.51. The summed E-state index contributed by atoms with van der Waals surface area (Å²) in [7, 11) is 0. The van der Waals surface area contributed by atoms with Crippen LogP contribution in [0.5, 0.6) is 0 Å². The number of carbonyl (C=O) groups is 1. The standard InChI is InChI=1S/C17H10Cl2F3N3O/c18-12-7-3-4-8-14(12)25-9-13(19)15(24-25)23-16(26)10-5-1-2-6-11(10)17(20,21)22/h1-9H,(H,23,24,26). The molecule has 0 bridgehead atoms. The molecule has 4 nitrogen and oxygen atoms in total. The highest BCUT2D eigenvalue weighted by atomic mass is 35.5. The van der Waals surface area contributed by atoms with Crippen LogP contribution in [0.15, 0.2) is 54.7 Å².